The number of imidazole rings is 1. The number of pyridine rings is 1. The molecule has 3 aromatic rings. The summed E-state index contributed by atoms with van der Waals surface area (Å²) >= 11 is 0. The minimum Gasteiger partial charge on any atom is -0.443 e. The highest BCUT2D eigenvalue weighted by molar-refractivity contribution is 5.88. The molecule has 29 heavy (non-hydrogen) atoms. The number of hydrogen-bond donors (Lipinski definition) is 0. The van der Waals surface area contributed by atoms with Crippen molar-refractivity contribution in [3.63, 3.8) is 0 Å². The standard InChI is InChI=1S/C23H28FN3O2/c1-15-17(9-8-10-18(15)24)16-11-12-19-25-20(14-26(19)13-16)27(22(2,3)4)21(28)29-23(5,6)7/h8-14H,1-7H3. The van der Waals surface area contributed by atoms with Gasteiger partial charge in [-0.3, -0.25) is 4.90 Å². The first-order valence-electron chi connectivity index (χ1n) is 9.64. The summed E-state index contributed by atoms with van der Waals surface area (Å²) in [5, 5.41) is 0. The third-order valence-corrected chi connectivity index (χ3v) is 4.49. The van der Waals surface area contributed by atoms with Crippen LogP contribution in [0.2, 0.25) is 0 Å². The number of hydrogen-bond acceptors (Lipinski definition) is 3. The number of carbonyl (C=O) groups is 1. The van der Waals surface area contributed by atoms with Crippen LogP contribution in [0.4, 0.5) is 15.0 Å². The van der Waals surface area contributed by atoms with Gasteiger partial charge in [-0.05, 0) is 83.4 Å². The van der Waals surface area contributed by atoms with Crippen LogP contribution in [0.15, 0.2) is 42.7 Å². The molecule has 1 amide bonds. The van der Waals surface area contributed by atoms with Gasteiger partial charge in [0, 0.05) is 11.7 Å². The zero-order valence-corrected chi connectivity index (χ0v) is 18.1. The number of ether oxygens (including phenoxy) is 1. The van der Waals surface area contributed by atoms with E-state index < -0.39 is 17.2 Å². The summed E-state index contributed by atoms with van der Waals surface area (Å²) in [7, 11) is 0. The van der Waals surface area contributed by atoms with E-state index in [1.165, 1.54) is 6.07 Å². The number of nitrogens with zero attached hydrogens (tertiary/aromatic N) is 3. The molecular formula is C23H28FN3O2. The Bertz CT molecular complexity index is 1060. The summed E-state index contributed by atoms with van der Waals surface area (Å²) in [4.78, 5) is 19.0. The van der Waals surface area contributed by atoms with Crippen molar-refractivity contribution >= 4 is 17.6 Å². The molecule has 0 bridgehead atoms. The van der Waals surface area contributed by atoms with Gasteiger partial charge in [-0.1, -0.05) is 12.1 Å². The zero-order valence-electron chi connectivity index (χ0n) is 18.1. The molecule has 6 heteroatoms. The molecule has 0 fully saturated rings. The van der Waals surface area contributed by atoms with Crippen molar-refractivity contribution < 1.29 is 13.9 Å². The van der Waals surface area contributed by atoms with Crippen LogP contribution in [-0.4, -0.2) is 26.6 Å². The van der Waals surface area contributed by atoms with Crippen molar-refractivity contribution in [2.45, 2.75) is 59.6 Å². The molecule has 0 aliphatic rings. The van der Waals surface area contributed by atoms with Crippen LogP contribution in [0.5, 0.6) is 0 Å². The van der Waals surface area contributed by atoms with Gasteiger partial charge in [-0.25, -0.2) is 14.2 Å². The molecule has 0 aliphatic heterocycles. The second kappa shape index (κ2) is 7.17. The number of carbonyl (C=O) groups excluding carboxylic acids is 1. The summed E-state index contributed by atoms with van der Waals surface area (Å²) in [6.07, 6.45) is 3.24. The van der Waals surface area contributed by atoms with Crippen LogP contribution in [0, 0.1) is 12.7 Å². The first-order chi connectivity index (χ1) is 13.4. The predicted octanol–water partition coefficient (Wildman–Crippen LogP) is 5.99. The van der Waals surface area contributed by atoms with Crippen molar-refractivity contribution in [2.75, 3.05) is 4.90 Å². The van der Waals surface area contributed by atoms with Crippen LogP contribution in [0.1, 0.15) is 47.1 Å². The van der Waals surface area contributed by atoms with Gasteiger partial charge in [0.1, 0.15) is 17.1 Å². The third-order valence-electron chi connectivity index (χ3n) is 4.49. The Morgan fingerprint density at radius 1 is 1.07 bits per heavy atom. The number of benzene rings is 1. The number of halogens is 1. The van der Waals surface area contributed by atoms with Gasteiger partial charge < -0.3 is 9.14 Å². The van der Waals surface area contributed by atoms with Crippen molar-refractivity contribution in [3.05, 3.63) is 54.1 Å². The number of rotatable bonds is 2. The molecule has 0 aliphatic carbocycles. The molecule has 0 saturated carbocycles. The molecule has 0 saturated heterocycles. The number of anilines is 1. The van der Waals surface area contributed by atoms with E-state index in [1.807, 2.05) is 70.3 Å². The Balaban J connectivity index is 2.06. The molecule has 2 aromatic heterocycles. The lowest BCUT2D eigenvalue weighted by Crippen LogP contribution is -2.48. The Kier molecular flexibility index (Phi) is 5.15. The van der Waals surface area contributed by atoms with Crippen molar-refractivity contribution in [1.82, 2.24) is 9.38 Å². The van der Waals surface area contributed by atoms with Crippen LogP contribution < -0.4 is 4.90 Å². The average molecular weight is 397 g/mol. The lowest BCUT2D eigenvalue weighted by atomic mass is 10.0. The number of aromatic nitrogens is 2. The van der Waals surface area contributed by atoms with E-state index in [9.17, 15) is 9.18 Å². The van der Waals surface area contributed by atoms with E-state index >= 15 is 0 Å². The summed E-state index contributed by atoms with van der Waals surface area (Å²) in [5.74, 6) is 0.262. The molecule has 0 spiro atoms. The first-order valence-corrected chi connectivity index (χ1v) is 9.64. The lowest BCUT2D eigenvalue weighted by molar-refractivity contribution is 0.0549. The molecule has 5 nitrogen and oxygen atoms in total. The maximum absolute atomic E-state index is 14.0. The number of fused-ring (bicyclic) bond motifs is 1. The van der Waals surface area contributed by atoms with Crippen LogP contribution in [-0.2, 0) is 4.74 Å². The highest BCUT2D eigenvalue weighted by Crippen LogP contribution is 2.29. The Labute approximate surface area is 171 Å². The Morgan fingerprint density at radius 3 is 2.38 bits per heavy atom. The molecular weight excluding hydrogens is 369 g/mol. The van der Waals surface area contributed by atoms with E-state index in [2.05, 4.69) is 4.98 Å². The molecule has 3 rings (SSSR count). The normalized spacial score (nSPS) is 12.3. The fourth-order valence-electron chi connectivity index (χ4n) is 3.18. The number of amides is 1. The molecule has 0 unspecified atom stereocenters. The maximum Gasteiger partial charge on any atom is 0.416 e. The van der Waals surface area contributed by atoms with Crippen LogP contribution >= 0.6 is 0 Å². The third kappa shape index (κ3) is 4.42. The van der Waals surface area contributed by atoms with Gasteiger partial charge in [0.25, 0.3) is 0 Å². The fourth-order valence-corrected chi connectivity index (χ4v) is 3.18. The Morgan fingerprint density at radius 2 is 1.76 bits per heavy atom. The molecule has 0 N–H and O–H groups in total. The van der Waals surface area contributed by atoms with Crippen molar-refractivity contribution in [1.29, 1.82) is 0 Å². The summed E-state index contributed by atoms with van der Waals surface area (Å²) in [5.41, 5.74) is 1.84. The van der Waals surface area contributed by atoms with E-state index in [-0.39, 0.29) is 5.82 Å². The topological polar surface area (TPSA) is 46.8 Å². The van der Waals surface area contributed by atoms with Crippen molar-refractivity contribution in [3.8, 4) is 11.1 Å². The molecule has 0 atom stereocenters. The highest BCUT2D eigenvalue weighted by atomic mass is 19.1. The lowest BCUT2D eigenvalue weighted by Gasteiger charge is -2.35. The minimum absolute atomic E-state index is 0.238. The molecule has 0 radical (unpaired) electrons. The fraction of sp³-hybridized carbons (Fsp3) is 0.391. The van der Waals surface area contributed by atoms with Gasteiger partial charge in [0.15, 0.2) is 5.82 Å². The van der Waals surface area contributed by atoms with Gasteiger partial charge in [0.05, 0.1) is 6.20 Å². The second-order valence-electron chi connectivity index (χ2n) is 9.18. The van der Waals surface area contributed by atoms with Crippen LogP contribution in [0.3, 0.4) is 0 Å². The average Bonchev–Trinajstić information content (AvgIpc) is 2.96. The monoisotopic (exact) mass is 397 g/mol. The van der Waals surface area contributed by atoms with E-state index in [1.54, 1.807) is 24.1 Å². The summed E-state index contributed by atoms with van der Waals surface area (Å²) < 4.78 is 21.4. The van der Waals surface area contributed by atoms with E-state index in [0.717, 1.165) is 11.1 Å². The smallest absolute Gasteiger partial charge is 0.416 e. The maximum atomic E-state index is 14.0. The highest BCUT2D eigenvalue weighted by Gasteiger charge is 2.33. The van der Waals surface area contributed by atoms with Gasteiger partial charge in [-0.15, -0.1) is 0 Å². The minimum atomic E-state index is -0.609. The van der Waals surface area contributed by atoms with Gasteiger partial charge >= 0.3 is 6.09 Å². The molecule has 154 valence electrons. The first kappa shape index (κ1) is 20.8. The largest absolute Gasteiger partial charge is 0.443 e. The van der Waals surface area contributed by atoms with Crippen LogP contribution in [0.25, 0.3) is 16.8 Å². The summed E-state index contributed by atoms with van der Waals surface area (Å²) in [6, 6.07) is 8.81. The molecule has 1 aromatic carbocycles. The SMILES string of the molecule is Cc1c(F)cccc1-c1ccc2nc(N(C(=O)OC(C)(C)C)C(C)(C)C)cn2c1. The van der Waals surface area contributed by atoms with Gasteiger partial charge in [-0.2, -0.15) is 0 Å². The van der Waals surface area contributed by atoms with Crippen molar-refractivity contribution in [2.24, 2.45) is 0 Å². The van der Waals surface area contributed by atoms with E-state index in [4.69, 9.17) is 4.74 Å². The Hall–Kier alpha value is -2.89. The molecule has 2 heterocycles. The second-order valence-corrected chi connectivity index (χ2v) is 9.18. The van der Waals surface area contributed by atoms with Gasteiger partial charge in [0.2, 0.25) is 0 Å². The zero-order chi connectivity index (χ0) is 21.6. The van der Waals surface area contributed by atoms with E-state index in [0.29, 0.717) is 17.0 Å². The summed E-state index contributed by atoms with van der Waals surface area (Å²) in [6.45, 7) is 13.1. The predicted molar refractivity (Wildman–Crippen MR) is 114 cm³/mol. The quantitative estimate of drug-likeness (QED) is 0.534.